The van der Waals surface area contributed by atoms with Gasteiger partial charge in [-0.05, 0) is 24.3 Å². The Balaban J connectivity index is 1.27. The molecule has 0 bridgehead atoms. The first kappa shape index (κ1) is 18.4. The van der Waals surface area contributed by atoms with E-state index >= 15 is 0 Å². The number of piperazine rings is 1. The predicted molar refractivity (Wildman–Crippen MR) is 112 cm³/mol. The second-order valence-electron chi connectivity index (χ2n) is 7.77. The average Bonchev–Trinajstić information content (AvgIpc) is 3.11. The summed E-state index contributed by atoms with van der Waals surface area (Å²) in [6.07, 6.45) is 0. The smallest absolute Gasteiger partial charge is 0.294 e. The van der Waals surface area contributed by atoms with E-state index in [1.165, 1.54) is 10.5 Å². The Morgan fingerprint density at radius 2 is 1.66 bits per heavy atom. The van der Waals surface area contributed by atoms with Crippen molar-refractivity contribution in [2.75, 3.05) is 26.2 Å². The molecular formula is C22H23ClN4O2+2. The molecule has 0 radical (unpaired) electrons. The zero-order chi connectivity index (χ0) is 19.8. The lowest BCUT2D eigenvalue weighted by Crippen LogP contribution is -3.27. The van der Waals surface area contributed by atoms with E-state index in [2.05, 4.69) is 17.1 Å². The van der Waals surface area contributed by atoms with E-state index in [1.807, 2.05) is 36.4 Å². The number of nitrogens with one attached hydrogen (secondary N) is 3. The molecule has 3 N–H and O–H groups in total. The summed E-state index contributed by atoms with van der Waals surface area (Å²) in [6.45, 7) is 6.04. The Morgan fingerprint density at radius 1 is 0.966 bits per heavy atom. The maximum absolute atomic E-state index is 12.5. The lowest BCUT2D eigenvalue weighted by atomic mass is 10.2. The van der Waals surface area contributed by atoms with Gasteiger partial charge >= 0.3 is 0 Å². The SMILES string of the molecule is O=c1[nH]c(C[NH+]2CC[NH+](Cc3ccc(Cl)cc3)CC2)nc2c1oc1ccccc12. The minimum Gasteiger partial charge on any atom is -0.449 e. The van der Waals surface area contributed by atoms with Gasteiger partial charge in [-0.1, -0.05) is 35.9 Å². The van der Waals surface area contributed by atoms with Gasteiger partial charge < -0.3 is 19.2 Å². The minimum atomic E-state index is -0.201. The third-order valence-electron chi connectivity index (χ3n) is 5.73. The molecule has 4 aromatic rings. The molecule has 6 nitrogen and oxygen atoms in total. The summed E-state index contributed by atoms with van der Waals surface area (Å²) in [7, 11) is 0. The van der Waals surface area contributed by atoms with Crippen molar-refractivity contribution in [1.29, 1.82) is 0 Å². The van der Waals surface area contributed by atoms with Crippen molar-refractivity contribution < 1.29 is 14.2 Å². The summed E-state index contributed by atoms with van der Waals surface area (Å²) in [5.41, 5.74) is 2.78. The van der Waals surface area contributed by atoms with Gasteiger partial charge in [-0.15, -0.1) is 0 Å². The Bertz CT molecular complexity index is 1210. The van der Waals surface area contributed by atoms with Crippen LogP contribution in [0.4, 0.5) is 0 Å². The van der Waals surface area contributed by atoms with Crippen LogP contribution in [0.25, 0.3) is 22.1 Å². The number of aromatic nitrogens is 2. The summed E-state index contributed by atoms with van der Waals surface area (Å²) < 4.78 is 5.68. The molecule has 148 valence electrons. The number of nitrogens with zero attached hydrogens (tertiary/aromatic N) is 1. The highest BCUT2D eigenvalue weighted by Crippen LogP contribution is 2.24. The molecule has 0 atom stereocenters. The third kappa shape index (κ3) is 3.79. The first-order valence-corrected chi connectivity index (χ1v) is 10.4. The predicted octanol–water partition coefficient (Wildman–Crippen LogP) is 0.806. The molecule has 2 aromatic carbocycles. The van der Waals surface area contributed by atoms with Crippen LogP contribution in [0.1, 0.15) is 11.4 Å². The minimum absolute atomic E-state index is 0.201. The van der Waals surface area contributed by atoms with Crippen LogP contribution in [0.5, 0.6) is 0 Å². The average molecular weight is 411 g/mol. The first-order valence-electron chi connectivity index (χ1n) is 9.98. The van der Waals surface area contributed by atoms with E-state index in [-0.39, 0.29) is 5.56 Å². The van der Waals surface area contributed by atoms with Crippen LogP contribution in [0.3, 0.4) is 0 Å². The lowest BCUT2D eigenvalue weighted by molar-refractivity contribution is -1.02. The molecule has 1 aliphatic rings. The fourth-order valence-electron chi connectivity index (χ4n) is 4.17. The molecule has 2 aromatic heterocycles. The van der Waals surface area contributed by atoms with E-state index < -0.39 is 0 Å². The number of hydrogen-bond acceptors (Lipinski definition) is 3. The van der Waals surface area contributed by atoms with Gasteiger partial charge in [0, 0.05) is 16.0 Å². The summed E-state index contributed by atoms with van der Waals surface area (Å²) in [5.74, 6) is 0.727. The molecule has 0 unspecified atom stereocenters. The van der Waals surface area contributed by atoms with Gasteiger partial charge in [0.05, 0.1) is 0 Å². The molecule has 0 amide bonds. The third-order valence-corrected chi connectivity index (χ3v) is 5.98. The molecule has 1 fully saturated rings. The fraction of sp³-hybridized carbons (Fsp3) is 0.273. The molecule has 7 heteroatoms. The van der Waals surface area contributed by atoms with E-state index in [0.29, 0.717) is 16.7 Å². The standard InChI is InChI=1S/C22H21ClN4O2/c23-16-7-5-15(6-8-16)13-26-9-11-27(12-10-26)14-19-24-20-17-3-1-2-4-18(17)29-21(20)22(28)25-19/h1-8H,9-14H2,(H,24,25,28)/p+2. The summed E-state index contributed by atoms with van der Waals surface area (Å²) in [4.78, 5) is 23.1. The Kier molecular flexibility index (Phi) is 4.83. The van der Waals surface area contributed by atoms with Crippen molar-refractivity contribution in [3.8, 4) is 0 Å². The number of furan rings is 1. The van der Waals surface area contributed by atoms with Gasteiger partial charge in [-0.2, -0.15) is 0 Å². The van der Waals surface area contributed by atoms with E-state index in [1.54, 1.807) is 4.90 Å². The van der Waals surface area contributed by atoms with Crippen LogP contribution in [-0.4, -0.2) is 36.1 Å². The molecule has 0 spiro atoms. The van der Waals surface area contributed by atoms with Crippen LogP contribution in [0, 0.1) is 0 Å². The quantitative estimate of drug-likeness (QED) is 0.466. The largest absolute Gasteiger partial charge is 0.449 e. The number of quaternary nitrogens is 2. The number of hydrogen-bond donors (Lipinski definition) is 3. The van der Waals surface area contributed by atoms with Crippen molar-refractivity contribution in [3.05, 3.63) is 75.3 Å². The normalized spacial score (nSPS) is 19.8. The van der Waals surface area contributed by atoms with Crippen LogP contribution in [-0.2, 0) is 13.1 Å². The van der Waals surface area contributed by atoms with Crippen molar-refractivity contribution >= 4 is 33.7 Å². The van der Waals surface area contributed by atoms with Crippen LogP contribution in [0.2, 0.25) is 5.02 Å². The zero-order valence-corrected chi connectivity index (χ0v) is 16.8. The number of para-hydroxylation sites is 1. The van der Waals surface area contributed by atoms with E-state index in [9.17, 15) is 4.79 Å². The Hall–Kier alpha value is -2.67. The Labute approximate surface area is 172 Å². The van der Waals surface area contributed by atoms with Gasteiger partial charge in [0.1, 0.15) is 50.4 Å². The van der Waals surface area contributed by atoms with Gasteiger partial charge in [-0.3, -0.25) is 4.79 Å². The number of benzene rings is 2. The van der Waals surface area contributed by atoms with Crippen molar-refractivity contribution in [2.45, 2.75) is 13.1 Å². The van der Waals surface area contributed by atoms with Gasteiger partial charge in [0.15, 0.2) is 5.82 Å². The number of fused-ring (bicyclic) bond motifs is 3. The molecular weight excluding hydrogens is 388 g/mol. The van der Waals surface area contributed by atoms with Crippen molar-refractivity contribution in [2.24, 2.45) is 0 Å². The van der Waals surface area contributed by atoms with Crippen LogP contribution in [0.15, 0.2) is 57.7 Å². The molecule has 3 heterocycles. The summed E-state index contributed by atoms with van der Waals surface area (Å²) in [5, 5.41) is 1.67. The topological polar surface area (TPSA) is 67.8 Å². The van der Waals surface area contributed by atoms with E-state index in [4.69, 9.17) is 21.0 Å². The highest BCUT2D eigenvalue weighted by molar-refractivity contribution is 6.30. The zero-order valence-electron chi connectivity index (χ0n) is 16.0. The van der Waals surface area contributed by atoms with Gasteiger partial charge in [0.2, 0.25) is 5.58 Å². The number of halogens is 1. The number of H-pyrrole nitrogens is 1. The lowest BCUT2D eigenvalue weighted by Gasteiger charge is -2.29. The molecule has 0 saturated carbocycles. The first-order chi connectivity index (χ1) is 14.2. The van der Waals surface area contributed by atoms with Crippen molar-refractivity contribution in [3.63, 3.8) is 0 Å². The monoisotopic (exact) mass is 410 g/mol. The maximum atomic E-state index is 12.5. The van der Waals surface area contributed by atoms with Gasteiger partial charge in [0.25, 0.3) is 5.56 Å². The van der Waals surface area contributed by atoms with Crippen LogP contribution >= 0.6 is 11.6 Å². The molecule has 1 saturated heterocycles. The second kappa shape index (κ2) is 7.63. The summed E-state index contributed by atoms with van der Waals surface area (Å²) >= 11 is 5.98. The highest BCUT2D eigenvalue weighted by Gasteiger charge is 2.24. The Morgan fingerprint density at radius 3 is 2.41 bits per heavy atom. The van der Waals surface area contributed by atoms with Crippen LogP contribution < -0.4 is 15.4 Å². The highest BCUT2D eigenvalue weighted by atomic mass is 35.5. The number of aromatic amines is 1. The molecule has 1 aliphatic heterocycles. The second-order valence-corrected chi connectivity index (χ2v) is 8.21. The molecule has 29 heavy (non-hydrogen) atoms. The fourth-order valence-corrected chi connectivity index (χ4v) is 4.30. The molecule has 5 rings (SSSR count). The summed E-state index contributed by atoms with van der Waals surface area (Å²) in [6, 6.07) is 15.8. The maximum Gasteiger partial charge on any atom is 0.294 e. The number of rotatable bonds is 4. The van der Waals surface area contributed by atoms with Crippen molar-refractivity contribution in [1.82, 2.24) is 9.97 Å². The molecule has 0 aliphatic carbocycles. The van der Waals surface area contributed by atoms with Gasteiger partial charge in [-0.25, -0.2) is 4.98 Å². The van der Waals surface area contributed by atoms with E-state index in [0.717, 1.165) is 55.5 Å².